The van der Waals surface area contributed by atoms with E-state index in [1.807, 2.05) is 0 Å². The van der Waals surface area contributed by atoms with Gasteiger partial charge in [0.15, 0.2) is 0 Å². The van der Waals surface area contributed by atoms with Crippen LogP contribution in [0.25, 0.3) is 0 Å². The van der Waals surface area contributed by atoms with E-state index in [1.54, 1.807) is 10.7 Å². The molecule has 1 N–H and O–H groups in total. The highest BCUT2D eigenvalue weighted by atomic mass is 16.3. The van der Waals surface area contributed by atoms with E-state index in [0.29, 0.717) is 5.92 Å². The molecule has 1 aliphatic carbocycles. The summed E-state index contributed by atoms with van der Waals surface area (Å²) in [6.07, 6.45) is 5.34. The first kappa shape index (κ1) is 13.8. The number of aliphatic hydroxyl groups is 1. The fraction of sp³-hybridized carbons (Fsp3) is 0.733. The zero-order valence-corrected chi connectivity index (χ0v) is 11.9. The number of hydrogen-bond acceptors (Lipinski definition) is 4. The van der Waals surface area contributed by atoms with Gasteiger partial charge in [-0.15, -0.1) is 0 Å². The van der Waals surface area contributed by atoms with Crippen LogP contribution in [0.2, 0.25) is 0 Å². The third kappa shape index (κ3) is 2.94. The second-order valence-corrected chi connectivity index (χ2v) is 6.00. The van der Waals surface area contributed by atoms with Gasteiger partial charge >= 0.3 is 0 Å². The van der Waals surface area contributed by atoms with E-state index in [1.165, 1.54) is 0 Å². The third-order valence-electron chi connectivity index (χ3n) is 4.58. The summed E-state index contributed by atoms with van der Waals surface area (Å²) in [5.74, 6) is 0.537. The normalized spacial score (nSPS) is 20.2. The van der Waals surface area contributed by atoms with Gasteiger partial charge in [-0.1, -0.05) is 0 Å². The van der Waals surface area contributed by atoms with Gasteiger partial charge in [-0.2, -0.15) is 5.10 Å². The van der Waals surface area contributed by atoms with Crippen molar-refractivity contribution in [2.24, 2.45) is 5.92 Å². The van der Waals surface area contributed by atoms with Crippen LogP contribution in [-0.2, 0) is 19.4 Å². The quantitative estimate of drug-likeness (QED) is 0.867. The maximum atomic E-state index is 12.1. The molecule has 1 aromatic rings. The Labute approximate surface area is 119 Å². The topological polar surface area (TPSA) is 58.4 Å². The second kappa shape index (κ2) is 6.06. The van der Waals surface area contributed by atoms with E-state index >= 15 is 0 Å². The number of fused-ring (bicyclic) bond motifs is 1. The number of likely N-dealkylation sites (tertiary alicyclic amines) is 1. The molecule has 110 valence electrons. The fourth-order valence-electron chi connectivity index (χ4n) is 3.35. The Hall–Kier alpha value is -1.20. The highest BCUT2D eigenvalue weighted by molar-refractivity contribution is 5.22. The summed E-state index contributed by atoms with van der Waals surface area (Å²) in [6, 6.07) is 1.79. The SMILES string of the molecule is O=c1cc2c(nn1CC1CCN(CCO)CC1)CCC2. The van der Waals surface area contributed by atoms with Gasteiger partial charge in [0, 0.05) is 19.2 Å². The van der Waals surface area contributed by atoms with Crippen molar-refractivity contribution in [3.8, 4) is 0 Å². The van der Waals surface area contributed by atoms with Crippen LogP contribution in [0.4, 0.5) is 0 Å². The first-order chi connectivity index (χ1) is 9.76. The van der Waals surface area contributed by atoms with Crippen molar-refractivity contribution in [3.63, 3.8) is 0 Å². The number of rotatable bonds is 4. The van der Waals surface area contributed by atoms with Gasteiger partial charge in [-0.05, 0) is 56.7 Å². The van der Waals surface area contributed by atoms with Crippen molar-refractivity contribution in [2.75, 3.05) is 26.2 Å². The molecule has 0 atom stereocenters. The predicted molar refractivity (Wildman–Crippen MR) is 76.8 cm³/mol. The Kier molecular flexibility index (Phi) is 4.17. The Morgan fingerprint density at radius 3 is 2.85 bits per heavy atom. The Morgan fingerprint density at radius 2 is 2.10 bits per heavy atom. The summed E-state index contributed by atoms with van der Waals surface area (Å²) in [5, 5.41) is 13.5. The maximum absolute atomic E-state index is 12.1. The molecule has 0 spiro atoms. The van der Waals surface area contributed by atoms with E-state index in [9.17, 15) is 4.79 Å². The molecule has 5 nitrogen and oxygen atoms in total. The molecule has 0 saturated carbocycles. The van der Waals surface area contributed by atoms with E-state index in [2.05, 4.69) is 10.00 Å². The molecule has 5 heteroatoms. The van der Waals surface area contributed by atoms with Gasteiger partial charge < -0.3 is 10.0 Å². The van der Waals surface area contributed by atoms with Crippen LogP contribution >= 0.6 is 0 Å². The third-order valence-corrected chi connectivity index (χ3v) is 4.58. The minimum Gasteiger partial charge on any atom is -0.395 e. The van der Waals surface area contributed by atoms with Crippen molar-refractivity contribution < 1.29 is 5.11 Å². The van der Waals surface area contributed by atoms with Crippen molar-refractivity contribution in [3.05, 3.63) is 27.7 Å². The fourth-order valence-corrected chi connectivity index (χ4v) is 3.35. The average Bonchev–Trinajstić information content (AvgIpc) is 2.89. The second-order valence-electron chi connectivity index (χ2n) is 6.00. The molecular weight excluding hydrogens is 254 g/mol. The van der Waals surface area contributed by atoms with Crippen LogP contribution in [0.1, 0.15) is 30.5 Å². The Morgan fingerprint density at radius 1 is 1.30 bits per heavy atom. The van der Waals surface area contributed by atoms with Crippen molar-refractivity contribution in [1.29, 1.82) is 0 Å². The van der Waals surface area contributed by atoms with Crippen LogP contribution in [0.3, 0.4) is 0 Å². The number of aliphatic hydroxyl groups excluding tert-OH is 1. The van der Waals surface area contributed by atoms with Gasteiger partial charge in [-0.3, -0.25) is 4.79 Å². The van der Waals surface area contributed by atoms with Crippen molar-refractivity contribution >= 4 is 0 Å². The lowest BCUT2D eigenvalue weighted by molar-refractivity contribution is 0.139. The standard InChI is InChI=1S/C15H23N3O2/c19-9-8-17-6-4-12(5-7-17)11-18-15(20)10-13-2-1-3-14(13)16-18/h10,12,19H,1-9,11H2. The summed E-state index contributed by atoms with van der Waals surface area (Å²) < 4.78 is 1.68. The Balaban J connectivity index is 1.63. The minimum atomic E-state index is 0.0587. The highest BCUT2D eigenvalue weighted by Gasteiger charge is 2.21. The van der Waals surface area contributed by atoms with E-state index < -0.39 is 0 Å². The smallest absolute Gasteiger partial charge is 0.267 e. The lowest BCUT2D eigenvalue weighted by Gasteiger charge is -2.31. The first-order valence-electron chi connectivity index (χ1n) is 7.69. The molecule has 2 heterocycles. The molecule has 3 rings (SSSR count). The van der Waals surface area contributed by atoms with Crippen molar-refractivity contribution in [2.45, 2.75) is 38.6 Å². The van der Waals surface area contributed by atoms with Gasteiger partial charge in [0.1, 0.15) is 0 Å². The van der Waals surface area contributed by atoms with Gasteiger partial charge in [0.25, 0.3) is 5.56 Å². The molecule has 0 bridgehead atoms. The van der Waals surface area contributed by atoms with E-state index in [4.69, 9.17) is 5.11 Å². The molecule has 0 radical (unpaired) electrons. The molecule has 1 saturated heterocycles. The zero-order valence-electron chi connectivity index (χ0n) is 11.9. The van der Waals surface area contributed by atoms with Gasteiger partial charge in [-0.25, -0.2) is 4.68 Å². The molecule has 1 aliphatic heterocycles. The number of piperidine rings is 1. The highest BCUT2D eigenvalue weighted by Crippen LogP contribution is 2.20. The van der Waals surface area contributed by atoms with Crippen LogP contribution in [-0.4, -0.2) is 46.0 Å². The maximum Gasteiger partial charge on any atom is 0.267 e. The largest absolute Gasteiger partial charge is 0.395 e. The minimum absolute atomic E-state index is 0.0587. The lowest BCUT2D eigenvalue weighted by atomic mass is 9.97. The van der Waals surface area contributed by atoms with Crippen LogP contribution in [0.5, 0.6) is 0 Å². The van der Waals surface area contributed by atoms with E-state index in [0.717, 1.165) is 69.5 Å². The number of nitrogens with zero attached hydrogens (tertiary/aromatic N) is 3. The zero-order chi connectivity index (χ0) is 13.9. The molecule has 0 unspecified atom stereocenters. The van der Waals surface area contributed by atoms with Crippen molar-refractivity contribution in [1.82, 2.24) is 14.7 Å². The molecule has 0 amide bonds. The lowest BCUT2D eigenvalue weighted by Crippen LogP contribution is -2.38. The monoisotopic (exact) mass is 277 g/mol. The molecule has 1 fully saturated rings. The summed E-state index contributed by atoms with van der Waals surface area (Å²) in [7, 11) is 0. The van der Waals surface area contributed by atoms with Crippen LogP contribution in [0.15, 0.2) is 10.9 Å². The van der Waals surface area contributed by atoms with Gasteiger partial charge in [0.05, 0.1) is 12.3 Å². The summed E-state index contributed by atoms with van der Waals surface area (Å²) >= 11 is 0. The molecular formula is C15H23N3O2. The summed E-state index contributed by atoms with van der Waals surface area (Å²) in [5.41, 5.74) is 2.34. The van der Waals surface area contributed by atoms with Crippen LogP contribution in [0, 0.1) is 5.92 Å². The number of aromatic nitrogens is 2. The number of aryl methyl sites for hydroxylation is 2. The molecule has 1 aromatic heterocycles. The molecule has 0 aromatic carbocycles. The predicted octanol–water partition coefficient (Wildman–Crippen LogP) is 0.436. The average molecular weight is 277 g/mol. The first-order valence-corrected chi connectivity index (χ1v) is 7.69. The summed E-state index contributed by atoms with van der Waals surface area (Å²) in [6.45, 7) is 3.79. The van der Waals surface area contributed by atoms with Gasteiger partial charge in [0.2, 0.25) is 0 Å². The number of hydrogen-bond donors (Lipinski definition) is 1. The number of β-amino-alcohol motifs (C(OH)–C–C–N with tert-alkyl or cyclic N) is 1. The molecule has 20 heavy (non-hydrogen) atoms. The summed E-state index contributed by atoms with van der Waals surface area (Å²) in [4.78, 5) is 14.4. The van der Waals surface area contributed by atoms with E-state index in [-0.39, 0.29) is 12.2 Å². The van der Waals surface area contributed by atoms with Crippen LogP contribution < -0.4 is 5.56 Å². The molecule has 2 aliphatic rings. The Bertz CT molecular complexity index is 518.